The smallest absolute Gasteiger partial charge is 0.406 e. The van der Waals surface area contributed by atoms with Crippen LogP contribution in [0, 0.1) is 0 Å². The molecule has 10 heteroatoms. The van der Waals surface area contributed by atoms with Crippen molar-refractivity contribution in [1.82, 2.24) is 19.9 Å². The highest BCUT2D eigenvalue weighted by Crippen LogP contribution is 2.24. The normalized spacial score (nSPS) is 11.5. The lowest BCUT2D eigenvalue weighted by atomic mass is 10.2. The first-order valence-corrected chi connectivity index (χ1v) is 10.8. The fourth-order valence-electron chi connectivity index (χ4n) is 3.46. The van der Waals surface area contributed by atoms with Crippen LogP contribution in [-0.4, -0.2) is 26.8 Å². The number of nitrogens with one attached hydrogen (secondary N) is 1. The first kappa shape index (κ1) is 23.6. The molecule has 0 aliphatic heterocycles. The number of amides is 1. The Hall–Kier alpha value is -3.59. The monoisotopic (exact) mass is 488 g/mol. The van der Waals surface area contributed by atoms with Crippen molar-refractivity contribution in [2.45, 2.75) is 32.3 Å². The molecule has 4 rings (SSSR count). The van der Waals surface area contributed by atoms with Gasteiger partial charge < -0.3 is 14.6 Å². The Labute approximate surface area is 198 Å². The number of halogens is 4. The molecule has 4 aromatic rings. The molecule has 1 amide bonds. The second-order valence-corrected chi connectivity index (χ2v) is 7.99. The molecule has 0 saturated carbocycles. The molecule has 2 aromatic carbocycles. The van der Waals surface area contributed by atoms with E-state index < -0.39 is 6.36 Å². The van der Waals surface area contributed by atoms with E-state index in [0.29, 0.717) is 41.5 Å². The number of pyridine rings is 1. The number of imidazole rings is 1. The Morgan fingerprint density at radius 1 is 1.03 bits per heavy atom. The summed E-state index contributed by atoms with van der Waals surface area (Å²) in [5, 5.41) is 3.51. The third-order valence-corrected chi connectivity index (χ3v) is 5.31. The lowest BCUT2D eigenvalue weighted by molar-refractivity contribution is -0.274. The highest BCUT2D eigenvalue weighted by molar-refractivity contribution is 6.30. The highest BCUT2D eigenvalue weighted by atomic mass is 35.5. The van der Waals surface area contributed by atoms with E-state index in [1.54, 1.807) is 36.5 Å². The van der Waals surface area contributed by atoms with E-state index >= 15 is 0 Å². The van der Waals surface area contributed by atoms with Gasteiger partial charge in [0, 0.05) is 30.6 Å². The van der Waals surface area contributed by atoms with Gasteiger partial charge in [-0.05, 0) is 47.5 Å². The van der Waals surface area contributed by atoms with Crippen LogP contribution in [0.3, 0.4) is 0 Å². The van der Waals surface area contributed by atoms with Crippen LogP contribution < -0.4 is 10.1 Å². The fraction of sp³-hybridized carbons (Fsp3) is 0.208. The van der Waals surface area contributed by atoms with Crippen molar-refractivity contribution in [3.8, 4) is 5.75 Å². The van der Waals surface area contributed by atoms with Crippen LogP contribution in [0.15, 0.2) is 66.9 Å². The predicted molar refractivity (Wildman–Crippen MR) is 121 cm³/mol. The van der Waals surface area contributed by atoms with E-state index in [-0.39, 0.29) is 18.1 Å². The second-order valence-electron chi connectivity index (χ2n) is 7.56. The Bertz CT molecular complexity index is 1270. The van der Waals surface area contributed by atoms with Gasteiger partial charge in [-0.1, -0.05) is 35.9 Å². The number of rotatable bonds is 8. The lowest BCUT2D eigenvalue weighted by Gasteiger charge is -2.11. The number of nitrogens with zero attached hydrogens (tertiary/aromatic N) is 3. The predicted octanol–water partition coefficient (Wildman–Crippen LogP) is 5.28. The molecular formula is C24H20ClF3N4O2. The summed E-state index contributed by atoms with van der Waals surface area (Å²) < 4.78 is 43.0. The van der Waals surface area contributed by atoms with Crippen molar-refractivity contribution >= 4 is 28.7 Å². The Kier molecular flexibility index (Phi) is 7.02. The Morgan fingerprint density at radius 2 is 1.74 bits per heavy atom. The average Bonchev–Trinajstić information content (AvgIpc) is 3.15. The number of aryl methyl sites for hydroxylation is 1. The van der Waals surface area contributed by atoms with Gasteiger partial charge in [-0.2, -0.15) is 0 Å². The molecule has 0 radical (unpaired) electrons. The summed E-state index contributed by atoms with van der Waals surface area (Å²) in [5.74, 6) is 0.239. The molecule has 34 heavy (non-hydrogen) atoms. The zero-order valence-electron chi connectivity index (χ0n) is 17.8. The molecule has 0 unspecified atom stereocenters. The average molecular weight is 489 g/mol. The number of hydrogen-bond acceptors (Lipinski definition) is 4. The lowest BCUT2D eigenvalue weighted by Crippen LogP contribution is -2.23. The third-order valence-electron chi connectivity index (χ3n) is 5.06. The third kappa shape index (κ3) is 6.26. The molecule has 176 valence electrons. The SMILES string of the molecule is O=C(CCc1nc2cccnc2n1Cc1ccc(OC(F)(F)F)cc1)NCc1ccc(Cl)cc1. The van der Waals surface area contributed by atoms with Gasteiger partial charge in [0.05, 0.1) is 6.54 Å². The minimum absolute atomic E-state index is 0.129. The molecular weight excluding hydrogens is 469 g/mol. The van der Waals surface area contributed by atoms with Crippen molar-refractivity contribution in [3.63, 3.8) is 0 Å². The number of ether oxygens (including phenoxy) is 1. The molecule has 0 aliphatic carbocycles. The first-order chi connectivity index (χ1) is 16.3. The molecule has 0 saturated heterocycles. The van der Waals surface area contributed by atoms with Crippen LogP contribution in [0.4, 0.5) is 13.2 Å². The van der Waals surface area contributed by atoms with Gasteiger partial charge in [-0.25, -0.2) is 9.97 Å². The molecule has 0 bridgehead atoms. The van der Waals surface area contributed by atoms with Gasteiger partial charge in [0.1, 0.15) is 17.1 Å². The molecule has 0 aliphatic rings. The van der Waals surface area contributed by atoms with E-state index in [0.717, 1.165) is 11.1 Å². The summed E-state index contributed by atoms with van der Waals surface area (Å²) in [5.41, 5.74) is 2.99. The largest absolute Gasteiger partial charge is 0.573 e. The van der Waals surface area contributed by atoms with Crippen LogP contribution in [0.1, 0.15) is 23.4 Å². The minimum Gasteiger partial charge on any atom is -0.406 e. The number of hydrogen-bond donors (Lipinski definition) is 1. The maximum absolute atomic E-state index is 12.4. The molecule has 0 atom stereocenters. The topological polar surface area (TPSA) is 69.0 Å². The molecule has 2 heterocycles. The molecule has 2 aromatic heterocycles. The number of benzene rings is 2. The number of aromatic nitrogens is 3. The maximum atomic E-state index is 12.4. The fourth-order valence-corrected chi connectivity index (χ4v) is 3.58. The standard InChI is InChI=1S/C24H20ClF3N4O2/c25-18-7-3-16(4-8-18)14-30-22(33)12-11-21-31-20-2-1-13-29-23(20)32(21)15-17-5-9-19(10-6-17)34-24(26,27)28/h1-10,13H,11-12,14-15H2,(H,30,33). The van der Waals surface area contributed by atoms with Gasteiger partial charge in [-0.3, -0.25) is 4.79 Å². The highest BCUT2D eigenvalue weighted by Gasteiger charge is 2.31. The van der Waals surface area contributed by atoms with Crippen molar-refractivity contribution in [3.05, 3.63) is 88.8 Å². The van der Waals surface area contributed by atoms with Gasteiger partial charge >= 0.3 is 6.36 Å². The van der Waals surface area contributed by atoms with E-state index in [4.69, 9.17) is 11.6 Å². The van der Waals surface area contributed by atoms with Crippen molar-refractivity contribution < 1.29 is 22.7 Å². The van der Waals surface area contributed by atoms with Crippen LogP contribution in [0.5, 0.6) is 5.75 Å². The Morgan fingerprint density at radius 3 is 2.44 bits per heavy atom. The van der Waals surface area contributed by atoms with Gasteiger partial charge in [-0.15, -0.1) is 13.2 Å². The van der Waals surface area contributed by atoms with E-state index in [9.17, 15) is 18.0 Å². The van der Waals surface area contributed by atoms with Crippen molar-refractivity contribution in [1.29, 1.82) is 0 Å². The molecule has 6 nitrogen and oxygen atoms in total. The summed E-state index contributed by atoms with van der Waals surface area (Å²) in [4.78, 5) is 21.4. The zero-order valence-corrected chi connectivity index (χ0v) is 18.6. The van der Waals surface area contributed by atoms with Crippen LogP contribution >= 0.6 is 11.6 Å². The van der Waals surface area contributed by atoms with Crippen LogP contribution in [0.2, 0.25) is 5.02 Å². The van der Waals surface area contributed by atoms with E-state index in [2.05, 4.69) is 20.0 Å². The summed E-state index contributed by atoms with van der Waals surface area (Å²) in [6.45, 7) is 0.724. The summed E-state index contributed by atoms with van der Waals surface area (Å²) in [6, 6.07) is 16.4. The van der Waals surface area contributed by atoms with E-state index in [1.165, 1.54) is 12.1 Å². The van der Waals surface area contributed by atoms with Gasteiger partial charge in [0.15, 0.2) is 5.65 Å². The van der Waals surface area contributed by atoms with Crippen molar-refractivity contribution in [2.75, 3.05) is 0 Å². The second kappa shape index (κ2) is 10.1. The number of carbonyl (C=O) groups is 1. The quantitative estimate of drug-likeness (QED) is 0.366. The molecule has 1 N–H and O–H groups in total. The summed E-state index contributed by atoms with van der Waals surface area (Å²) in [6.07, 6.45) is -2.51. The number of carbonyl (C=O) groups excluding carboxylic acids is 1. The van der Waals surface area contributed by atoms with E-state index in [1.807, 2.05) is 22.8 Å². The first-order valence-electron chi connectivity index (χ1n) is 10.4. The van der Waals surface area contributed by atoms with Crippen LogP contribution in [-0.2, 0) is 24.3 Å². The molecule has 0 fully saturated rings. The number of alkyl halides is 3. The maximum Gasteiger partial charge on any atom is 0.573 e. The van der Waals surface area contributed by atoms with Crippen LogP contribution in [0.25, 0.3) is 11.2 Å². The molecule has 0 spiro atoms. The Balaban J connectivity index is 1.44. The van der Waals surface area contributed by atoms with Gasteiger partial charge in [0.2, 0.25) is 5.91 Å². The van der Waals surface area contributed by atoms with Crippen molar-refractivity contribution in [2.24, 2.45) is 0 Å². The minimum atomic E-state index is -4.74. The zero-order chi connectivity index (χ0) is 24.1. The van der Waals surface area contributed by atoms with Gasteiger partial charge in [0.25, 0.3) is 0 Å². The number of fused-ring (bicyclic) bond motifs is 1. The summed E-state index contributed by atoms with van der Waals surface area (Å²) >= 11 is 5.88. The summed E-state index contributed by atoms with van der Waals surface area (Å²) in [7, 11) is 0.